The Morgan fingerprint density at radius 1 is 1.43 bits per heavy atom. The summed E-state index contributed by atoms with van der Waals surface area (Å²) >= 11 is 0. The number of aldehydes is 1. The fourth-order valence-corrected chi connectivity index (χ4v) is 1.46. The molecule has 2 aromatic rings. The van der Waals surface area contributed by atoms with Gasteiger partial charge in [0.15, 0.2) is 6.29 Å². The molecule has 0 saturated carbocycles. The summed E-state index contributed by atoms with van der Waals surface area (Å²) < 4.78 is 7.10. The molecule has 3 nitrogen and oxygen atoms in total. The number of carbonyl (C=O) groups is 1. The Balaban J connectivity index is 2.25. The second kappa shape index (κ2) is 3.54. The maximum absolute atomic E-state index is 10.6. The second-order valence-corrected chi connectivity index (χ2v) is 3.18. The molecule has 0 atom stereocenters. The smallest absolute Gasteiger partial charge is 0.166 e. The van der Waals surface area contributed by atoms with Crippen molar-refractivity contribution in [2.75, 3.05) is 0 Å². The Labute approximate surface area is 82.0 Å². The first-order valence-electron chi connectivity index (χ1n) is 4.43. The van der Waals surface area contributed by atoms with E-state index < -0.39 is 0 Å². The quantitative estimate of drug-likeness (QED) is 0.692. The van der Waals surface area contributed by atoms with Crippen molar-refractivity contribution >= 4 is 6.29 Å². The van der Waals surface area contributed by atoms with Gasteiger partial charge in [-0.15, -0.1) is 0 Å². The number of nitrogens with zero attached hydrogens (tertiary/aromatic N) is 1. The largest absolute Gasteiger partial charge is 0.469 e. The minimum atomic E-state index is 0.687. The molecule has 2 rings (SSSR count). The normalized spacial score (nSPS) is 10.4. The molecular formula is C11H11NO2. The molecule has 0 spiro atoms. The highest BCUT2D eigenvalue weighted by Crippen LogP contribution is 2.11. The number of rotatable bonds is 3. The van der Waals surface area contributed by atoms with Crippen molar-refractivity contribution in [1.29, 1.82) is 0 Å². The molecule has 0 bridgehead atoms. The van der Waals surface area contributed by atoms with Crippen LogP contribution < -0.4 is 0 Å². The van der Waals surface area contributed by atoms with E-state index in [1.807, 2.05) is 35.9 Å². The predicted octanol–water partition coefficient (Wildman–Crippen LogP) is 2.02. The van der Waals surface area contributed by atoms with E-state index in [2.05, 4.69) is 0 Å². The van der Waals surface area contributed by atoms with Gasteiger partial charge in [-0.3, -0.25) is 4.79 Å². The summed E-state index contributed by atoms with van der Waals surface area (Å²) in [5.74, 6) is 0.906. The van der Waals surface area contributed by atoms with Crippen molar-refractivity contribution in [3.05, 3.63) is 47.7 Å². The van der Waals surface area contributed by atoms with Crippen LogP contribution in [-0.2, 0) is 13.5 Å². The molecule has 0 radical (unpaired) electrons. The zero-order valence-electron chi connectivity index (χ0n) is 7.93. The van der Waals surface area contributed by atoms with Crippen LogP contribution in [-0.4, -0.2) is 10.9 Å². The summed E-state index contributed by atoms with van der Waals surface area (Å²) in [5, 5.41) is 0. The maximum atomic E-state index is 10.6. The van der Waals surface area contributed by atoms with E-state index in [1.165, 1.54) is 0 Å². The molecule has 0 aliphatic heterocycles. The number of hydrogen-bond acceptors (Lipinski definition) is 2. The summed E-state index contributed by atoms with van der Waals surface area (Å²) in [6, 6.07) is 7.53. The fraction of sp³-hybridized carbons (Fsp3) is 0.182. The summed E-state index contributed by atoms with van der Waals surface area (Å²) in [4.78, 5) is 10.6. The van der Waals surface area contributed by atoms with Crippen molar-refractivity contribution in [2.45, 2.75) is 6.42 Å². The van der Waals surface area contributed by atoms with Gasteiger partial charge in [0.05, 0.1) is 12.0 Å². The number of hydrogen-bond donors (Lipinski definition) is 0. The van der Waals surface area contributed by atoms with Crippen LogP contribution in [0.4, 0.5) is 0 Å². The van der Waals surface area contributed by atoms with E-state index >= 15 is 0 Å². The van der Waals surface area contributed by atoms with Gasteiger partial charge in [-0.05, 0) is 24.3 Å². The van der Waals surface area contributed by atoms with Gasteiger partial charge in [-0.25, -0.2) is 0 Å². The third-order valence-electron chi connectivity index (χ3n) is 2.32. The second-order valence-electron chi connectivity index (χ2n) is 3.18. The van der Waals surface area contributed by atoms with Crippen LogP contribution in [0.25, 0.3) is 0 Å². The Morgan fingerprint density at radius 3 is 2.86 bits per heavy atom. The zero-order valence-corrected chi connectivity index (χ0v) is 7.93. The van der Waals surface area contributed by atoms with E-state index in [9.17, 15) is 4.79 Å². The van der Waals surface area contributed by atoms with Gasteiger partial charge in [0.25, 0.3) is 0 Å². The van der Waals surface area contributed by atoms with Gasteiger partial charge in [0.2, 0.25) is 0 Å². The van der Waals surface area contributed by atoms with Crippen LogP contribution in [0.5, 0.6) is 0 Å². The first-order valence-corrected chi connectivity index (χ1v) is 4.43. The highest BCUT2D eigenvalue weighted by atomic mass is 16.3. The molecule has 2 aromatic heterocycles. The average molecular weight is 189 g/mol. The molecule has 0 N–H and O–H groups in total. The van der Waals surface area contributed by atoms with Crippen LogP contribution in [0, 0.1) is 0 Å². The molecule has 72 valence electrons. The van der Waals surface area contributed by atoms with Gasteiger partial charge in [0.1, 0.15) is 5.76 Å². The molecule has 3 heteroatoms. The number of aromatic nitrogens is 1. The Bertz CT molecular complexity index is 426. The van der Waals surface area contributed by atoms with E-state index in [4.69, 9.17) is 4.42 Å². The van der Waals surface area contributed by atoms with Gasteiger partial charge in [-0.2, -0.15) is 0 Å². The van der Waals surface area contributed by atoms with E-state index in [0.717, 1.165) is 24.2 Å². The molecule has 0 saturated heterocycles. The van der Waals surface area contributed by atoms with Crippen molar-refractivity contribution < 1.29 is 9.21 Å². The SMILES string of the molecule is Cn1c(C=O)ccc1Cc1ccco1. The topological polar surface area (TPSA) is 35.1 Å². The fourth-order valence-electron chi connectivity index (χ4n) is 1.46. The molecular weight excluding hydrogens is 178 g/mol. The Hall–Kier alpha value is -1.77. The third kappa shape index (κ3) is 1.48. The average Bonchev–Trinajstić information content (AvgIpc) is 2.79. The minimum absolute atomic E-state index is 0.687. The van der Waals surface area contributed by atoms with E-state index in [-0.39, 0.29) is 0 Å². The highest BCUT2D eigenvalue weighted by Gasteiger charge is 2.05. The molecule has 0 unspecified atom stereocenters. The lowest BCUT2D eigenvalue weighted by molar-refractivity contribution is 0.111. The van der Waals surface area contributed by atoms with Gasteiger partial charge < -0.3 is 8.98 Å². The van der Waals surface area contributed by atoms with Crippen LogP contribution in [0.3, 0.4) is 0 Å². The molecule has 0 fully saturated rings. The van der Waals surface area contributed by atoms with Crippen molar-refractivity contribution in [2.24, 2.45) is 7.05 Å². The molecule has 2 heterocycles. The molecule has 0 aliphatic carbocycles. The van der Waals surface area contributed by atoms with Crippen molar-refractivity contribution in [3.63, 3.8) is 0 Å². The maximum Gasteiger partial charge on any atom is 0.166 e. The summed E-state index contributed by atoms with van der Waals surface area (Å²) in [7, 11) is 1.88. The lowest BCUT2D eigenvalue weighted by atomic mass is 10.2. The zero-order chi connectivity index (χ0) is 9.97. The summed E-state index contributed by atoms with van der Waals surface area (Å²) in [5.41, 5.74) is 1.76. The first-order chi connectivity index (χ1) is 6.81. The van der Waals surface area contributed by atoms with Gasteiger partial charge in [-0.1, -0.05) is 0 Å². The first kappa shape index (κ1) is 8.81. The number of furan rings is 1. The summed E-state index contributed by atoms with van der Waals surface area (Å²) in [6.07, 6.45) is 3.22. The standard InChI is InChI=1S/C11H11NO2/c1-12-9(4-5-10(12)8-13)7-11-3-2-6-14-11/h2-6,8H,7H2,1H3. The van der Waals surface area contributed by atoms with Crippen LogP contribution in [0.2, 0.25) is 0 Å². The van der Waals surface area contributed by atoms with Crippen LogP contribution >= 0.6 is 0 Å². The Kier molecular flexibility index (Phi) is 2.23. The Morgan fingerprint density at radius 2 is 2.29 bits per heavy atom. The van der Waals surface area contributed by atoms with Crippen molar-refractivity contribution in [1.82, 2.24) is 4.57 Å². The summed E-state index contributed by atoms with van der Waals surface area (Å²) in [6.45, 7) is 0. The minimum Gasteiger partial charge on any atom is -0.469 e. The van der Waals surface area contributed by atoms with Crippen LogP contribution in [0.1, 0.15) is 21.9 Å². The predicted molar refractivity (Wildman–Crippen MR) is 52.3 cm³/mol. The van der Waals surface area contributed by atoms with E-state index in [1.54, 1.807) is 6.26 Å². The lowest BCUT2D eigenvalue weighted by Gasteiger charge is -2.01. The van der Waals surface area contributed by atoms with Crippen molar-refractivity contribution in [3.8, 4) is 0 Å². The molecule has 0 amide bonds. The highest BCUT2D eigenvalue weighted by molar-refractivity contribution is 5.72. The third-order valence-corrected chi connectivity index (χ3v) is 2.32. The van der Waals surface area contributed by atoms with Crippen LogP contribution in [0.15, 0.2) is 34.9 Å². The van der Waals surface area contributed by atoms with Gasteiger partial charge in [0, 0.05) is 19.2 Å². The molecule has 14 heavy (non-hydrogen) atoms. The molecule has 0 aliphatic rings. The van der Waals surface area contributed by atoms with E-state index in [0.29, 0.717) is 5.69 Å². The lowest BCUT2D eigenvalue weighted by Crippen LogP contribution is -2.00. The van der Waals surface area contributed by atoms with Gasteiger partial charge >= 0.3 is 0 Å². The molecule has 0 aromatic carbocycles. The monoisotopic (exact) mass is 189 g/mol. The number of carbonyl (C=O) groups excluding carboxylic acids is 1.